The number of aryl methyl sites for hydroxylation is 1. The zero-order valence-electron chi connectivity index (χ0n) is 9.10. The summed E-state index contributed by atoms with van der Waals surface area (Å²) in [5, 5.41) is 2.88. The molecule has 0 aliphatic rings. The first-order chi connectivity index (χ1) is 8.31. The van der Waals surface area contributed by atoms with E-state index in [0.29, 0.717) is 0 Å². The number of hydrogen-bond donors (Lipinski definition) is 0. The van der Waals surface area contributed by atoms with E-state index in [1.807, 2.05) is 29.9 Å². The normalized spacial score (nSPS) is 10.2. The van der Waals surface area contributed by atoms with Crippen molar-refractivity contribution in [2.75, 3.05) is 0 Å². The largest absolute Gasteiger partial charge is 0.245 e. The van der Waals surface area contributed by atoms with Crippen molar-refractivity contribution in [2.45, 2.75) is 6.92 Å². The van der Waals surface area contributed by atoms with Crippen LogP contribution in [0.25, 0.3) is 10.2 Å². The third-order valence-electron chi connectivity index (χ3n) is 2.26. The highest BCUT2D eigenvalue weighted by Gasteiger charge is 1.97. The molecule has 0 aliphatic heterocycles. The molecule has 2 aromatic heterocycles. The molecule has 0 saturated heterocycles. The maximum Gasteiger partial charge on any atom is 0.167 e. The fraction of sp³-hybridized carbons (Fsp3) is 0.0769. The Labute approximate surface area is 107 Å². The summed E-state index contributed by atoms with van der Waals surface area (Å²) in [6, 6.07) is 6.07. The van der Waals surface area contributed by atoms with Crippen LogP contribution in [0, 0.1) is 18.8 Å². The molecule has 3 rings (SSSR count). The van der Waals surface area contributed by atoms with Crippen molar-refractivity contribution in [2.24, 2.45) is 0 Å². The third-order valence-corrected chi connectivity index (χ3v) is 3.93. The predicted octanol–water partition coefficient (Wildman–Crippen LogP) is 3.46. The van der Waals surface area contributed by atoms with E-state index in [2.05, 4.69) is 27.9 Å². The minimum atomic E-state index is 0.868. The molecular formula is C13H8N2S2. The van der Waals surface area contributed by atoms with Gasteiger partial charge in [0.25, 0.3) is 0 Å². The van der Waals surface area contributed by atoms with E-state index in [1.54, 1.807) is 22.7 Å². The van der Waals surface area contributed by atoms with Gasteiger partial charge in [-0.25, -0.2) is 9.97 Å². The minimum Gasteiger partial charge on any atom is -0.245 e. The Morgan fingerprint density at radius 1 is 1.18 bits per heavy atom. The topological polar surface area (TPSA) is 25.8 Å². The molecule has 0 amide bonds. The molecule has 0 atom stereocenters. The molecule has 0 bridgehead atoms. The molecule has 1 aromatic carbocycles. The Kier molecular flexibility index (Phi) is 2.63. The molecule has 17 heavy (non-hydrogen) atoms. The van der Waals surface area contributed by atoms with Gasteiger partial charge >= 0.3 is 0 Å². The molecule has 2 nitrogen and oxygen atoms in total. The Hall–Kier alpha value is -1.70. The summed E-state index contributed by atoms with van der Waals surface area (Å²) in [5.74, 6) is 6.21. The summed E-state index contributed by atoms with van der Waals surface area (Å²) in [6.07, 6.45) is 0. The van der Waals surface area contributed by atoms with Crippen LogP contribution < -0.4 is 0 Å². The fourth-order valence-electron chi connectivity index (χ4n) is 1.47. The van der Waals surface area contributed by atoms with Crippen LogP contribution in [0.2, 0.25) is 0 Å². The van der Waals surface area contributed by atoms with Gasteiger partial charge in [0.15, 0.2) is 5.01 Å². The Morgan fingerprint density at radius 2 is 2.12 bits per heavy atom. The van der Waals surface area contributed by atoms with Gasteiger partial charge in [0.1, 0.15) is 0 Å². The van der Waals surface area contributed by atoms with E-state index >= 15 is 0 Å². The third kappa shape index (κ3) is 2.21. The van der Waals surface area contributed by atoms with E-state index < -0.39 is 0 Å². The second-order valence-corrected chi connectivity index (χ2v) is 5.32. The zero-order chi connectivity index (χ0) is 11.7. The van der Waals surface area contributed by atoms with Gasteiger partial charge in [0, 0.05) is 16.6 Å². The average Bonchev–Trinajstić information content (AvgIpc) is 2.94. The van der Waals surface area contributed by atoms with Gasteiger partial charge in [-0.3, -0.25) is 0 Å². The molecule has 0 radical (unpaired) electrons. The van der Waals surface area contributed by atoms with Crippen LogP contribution >= 0.6 is 22.7 Å². The number of benzene rings is 1. The zero-order valence-corrected chi connectivity index (χ0v) is 10.7. The van der Waals surface area contributed by atoms with Gasteiger partial charge in [-0.05, 0) is 31.0 Å². The highest BCUT2D eigenvalue weighted by atomic mass is 32.1. The first-order valence-corrected chi connectivity index (χ1v) is 6.84. The van der Waals surface area contributed by atoms with Crippen LogP contribution in [-0.2, 0) is 0 Å². The first kappa shape index (κ1) is 10.5. The summed E-state index contributed by atoms with van der Waals surface area (Å²) in [5.41, 5.74) is 4.92. The fourth-order valence-corrected chi connectivity index (χ4v) is 2.83. The lowest BCUT2D eigenvalue weighted by molar-refractivity contribution is 1.25. The molecule has 0 aliphatic carbocycles. The van der Waals surface area contributed by atoms with Crippen LogP contribution in [0.4, 0.5) is 0 Å². The first-order valence-electron chi connectivity index (χ1n) is 5.09. The van der Waals surface area contributed by atoms with Crippen molar-refractivity contribution in [1.29, 1.82) is 0 Å². The van der Waals surface area contributed by atoms with Crippen molar-refractivity contribution in [1.82, 2.24) is 9.97 Å². The lowest BCUT2D eigenvalue weighted by atomic mass is 10.2. The number of aromatic nitrogens is 2. The molecule has 0 saturated carbocycles. The minimum absolute atomic E-state index is 0.868. The molecule has 3 aromatic rings. The van der Waals surface area contributed by atoms with Crippen LogP contribution in [-0.4, -0.2) is 9.97 Å². The standard InChI is InChI=1S/C13H8N2S2/c1-9-7-16-13(15-9)5-3-10-2-4-11-12(6-10)17-8-14-11/h2,4,6-8H,1H3. The van der Waals surface area contributed by atoms with Gasteiger partial charge in [0.05, 0.1) is 15.7 Å². The van der Waals surface area contributed by atoms with Crippen molar-refractivity contribution in [3.05, 3.63) is 45.4 Å². The van der Waals surface area contributed by atoms with E-state index in [1.165, 1.54) is 4.70 Å². The maximum atomic E-state index is 4.31. The second kappa shape index (κ2) is 4.28. The van der Waals surface area contributed by atoms with E-state index in [9.17, 15) is 0 Å². The molecule has 0 N–H and O–H groups in total. The van der Waals surface area contributed by atoms with Gasteiger partial charge in [-0.1, -0.05) is 5.92 Å². The molecule has 0 unspecified atom stereocenters. The van der Waals surface area contributed by atoms with Crippen molar-refractivity contribution in [3.8, 4) is 11.8 Å². The predicted molar refractivity (Wildman–Crippen MR) is 72.5 cm³/mol. The van der Waals surface area contributed by atoms with E-state index in [-0.39, 0.29) is 0 Å². The molecule has 4 heteroatoms. The smallest absolute Gasteiger partial charge is 0.167 e. The lowest BCUT2D eigenvalue weighted by Crippen LogP contribution is -1.76. The Bertz CT molecular complexity index is 728. The van der Waals surface area contributed by atoms with Crippen LogP contribution in [0.15, 0.2) is 29.1 Å². The van der Waals surface area contributed by atoms with E-state index in [0.717, 1.165) is 21.8 Å². The average molecular weight is 256 g/mol. The van der Waals surface area contributed by atoms with Gasteiger partial charge < -0.3 is 0 Å². The molecule has 0 spiro atoms. The van der Waals surface area contributed by atoms with Crippen molar-refractivity contribution in [3.63, 3.8) is 0 Å². The number of thiazole rings is 2. The van der Waals surface area contributed by atoms with Gasteiger partial charge in [-0.15, -0.1) is 22.7 Å². The number of nitrogens with zero attached hydrogens (tertiary/aromatic N) is 2. The number of rotatable bonds is 0. The summed E-state index contributed by atoms with van der Waals surface area (Å²) in [7, 11) is 0. The Morgan fingerprint density at radius 3 is 2.94 bits per heavy atom. The molecule has 82 valence electrons. The molecular weight excluding hydrogens is 248 g/mol. The summed E-state index contributed by atoms with van der Waals surface area (Å²) in [4.78, 5) is 8.55. The van der Waals surface area contributed by atoms with Gasteiger partial charge in [0.2, 0.25) is 0 Å². The Balaban J connectivity index is 1.97. The number of hydrogen-bond acceptors (Lipinski definition) is 4. The quantitative estimate of drug-likeness (QED) is 0.576. The number of fused-ring (bicyclic) bond motifs is 1. The highest BCUT2D eigenvalue weighted by molar-refractivity contribution is 7.16. The maximum absolute atomic E-state index is 4.31. The van der Waals surface area contributed by atoms with Crippen molar-refractivity contribution < 1.29 is 0 Å². The van der Waals surface area contributed by atoms with Gasteiger partial charge in [-0.2, -0.15) is 0 Å². The molecule has 2 heterocycles. The SMILES string of the molecule is Cc1csc(C#Cc2ccc3ncsc3c2)n1. The van der Waals surface area contributed by atoms with Crippen LogP contribution in [0.3, 0.4) is 0 Å². The lowest BCUT2D eigenvalue weighted by Gasteiger charge is -1.89. The van der Waals surface area contributed by atoms with Crippen molar-refractivity contribution >= 4 is 32.9 Å². The molecule has 0 fully saturated rings. The second-order valence-electron chi connectivity index (χ2n) is 3.58. The summed E-state index contributed by atoms with van der Waals surface area (Å²) < 4.78 is 1.17. The van der Waals surface area contributed by atoms with Crippen LogP contribution in [0.5, 0.6) is 0 Å². The monoisotopic (exact) mass is 256 g/mol. The summed E-state index contributed by atoms with van der Waals surface area (Å²) >= 11 is 3.21. The van der Waals surface area contributed by atoms with Crippen LogP contribution in [0.1, 0.15) is 16.3 Å². The van der Waals surface area contributed by atoms with E-state index in [4.69, 9.17) is 0 Å². The highest BCUT2D eigenvalue weighted by Crippen LogP contribution is 2.18. The summed E-state index contributed by atoms with van der Waals surface area (Å²) in [6.45, 7) is 1.98.